The van der Waals surface area contributed by atoms with E-state index in [1.807, 2.05) is 6.92 Å². The van der Waals surface area contributed by atoms with Gasteiger partial charge >= 0.3 is 0 Å². The van der Waals surface area contributed by atoms with Gasteiger partial charge in [-0.15, -0.1) is 0 Å². The third-order valence-electron chi connectivity index (χ3n) is 3.25. The van der Waals surface area contributed by atoms with Crippen LogP contribution in [0.15, 0.2) is 23.1 Å². The lowest BCUT2D eigenvalue weighted by atomic mass is 10.1. The highest BCUT2D eigenvalue weighted by atomic mass is 35.5. The number of rotatable bonds is 2. The largest absolute Gasteiger partial charge is 0.336 e. The summed E-state index contributed by atoms with van der Waals surface area (Å²) in [5, 5.41) is 3.52. The third kappa shape index (κ3) is 3.31. The van der Waals surface area contributed by atoms with Crippen LogP contribution in [0, 0.1) is 0 Å². The molecule has 1 aliphatic heterocycles. The molecular weight excluding hydrogens is 300 g/mol. The van der Waals surface area contributed by atoms with Gasteiger partial charge in [-0.2, -0.15) is 0 Å². The molecule has 2 rings (SSSR count). The maximum Gasteiger partial charge on any atom is 0.255 e. The highest BCUT2D eigenvalue weighted by Crippen LogP contribution is 2.22. The van der Waals surface area contributed by atoms with Gasteiger partial charge in [0.2, 0.25) is 0 Å². The van der Waals surface area contributed by atoms with Crippen LogP contribution >= 0.6 is 11.6 Å². The lowest BCUT2D eigenvalue weighted by molar-refractivity contribution is 0.0709. The van der Waals surface area contributed by atoms with Crippen molar-refractivity contribution < 1.29 is 13.2 Å². The number of halogens is 1. The molecule has 7 heteroatoms. The number of amides is 1. The first kappa shape index (κ1) is 15.3. The van der Waals surface area contributed by atoms with E-state index in [0.29, 0.717) is 13.1 Å². The Morgan fingerprint density at radius 2 is 2.15 bits per heavy atom. The summed E-state index contributed by atoms with van der Waals surface area (Å²) in [6.07, 6.45) is 1.11. The predicted octanol–water partition coefficient (Wildman–Crippen LogP) is 1.18. The van der Waals surface area contributed by atoms with Gasteiger partial charge in [-0.05, 0) is 25.1 Å². The number of piperazine rings is 1. The summed E-state index contributed by atoms with van der Waals surface area (Å²) in [5.74, 6) is -0.228. The van der Waals surface area contributed by atoms with E-state index in [9.17, 15) is 13.2 Å². The normalized spacial score (nSPS) is 19.9. The van der Waals surface area contributed by atoms with Crippen molar-refractivity contribution in [2.24, 2.45) is 0 Å². The Morgan fingerprint density at radius 3 is 2.75 bits per heavy atom. The zero-order valence-corrected chi connectivity index (χ0v) is 13.0. The van der Waals surface area contributed by atoms with Crippen LogP contribution in [0.25, 0.3) is 0 Å². The molecule has 0 radical (unpaired) electrons. The summed E-state index contributed by atoms with van der Waals surface area (Å²) >= 11 is 6.04. The molecule has 0 aliphatic carbocycles. The Bertz CT molecular complexity index is 631. The molecule has 20 heavy (non-hydrogen) atoms. The fraction of sp³-hybridized carbons (Fsp3) is 0.462. The zero-order chi connectivity index (χ0) is 14.9. The molecule has 0 unspecified atom stereocenters. The maximum absolute atomic E-state index is 12.5. The molecule has 1 fully saturated rings. The lowest BCUT2D eigenvalue weighted by Crippen LogP contribution is -2.51. The fourth-order valence-electron chi connectivity index (χ4n) is 2.19. The van der Waals surface area contributed by atoms with Crippen molar-refractivity contribution in [3.63, 3.8) is 0 Å². The zero-order valence-electron chi connectivity index (χ0n) is 11.4. The van der Waals surface area contributed by atoms with Crippen molar-refractivity contribution in [1.82, 2.24) is 10.2 Å². The minimum atomic E-state index is -3.36. The molecule has 1 aromatic rings. The third-order valence-corrected chi connectivity index (χ3v) is 4.69. The molecule has 0 spiro atoms. The first-order chi connectivity index (χ1) is 9.29. The van der Waals surface area contributed by atoms with Crippen LogP contribution in [-0.2, 0) is 9.84 Å². The van der Waals surface area contributed by atoms with E-state index in [2.05, 4.69) is 5.32 Å². The molecule has 0 bridgehead atoms. The molecule has 1 atom stereocenters. The van der Waals surface area contributed by atoms with Crippen LogP contribution in [0.4, 0.5) is 0 Å². The van der Waals surface area contributed by atoms with Crippen molar-refractivity contribution in [3.8, 4) is 0 Å². The average molecular weight is 317 g/mol. The Kier molecular flexibility index (Phi) is 4.36. The number of hydrogen-bond donors (Lipinski definition) is 1. The SMILES string of the molecule is C[C@@H]1CN(C(=O)c2cc(S(C)(=O)=O)ccc2Cl)CCN1. The second-order valence-corrected chi connectivity index (χ2v) is 7.44. The van der Waals surface area contributed by atoms with Gasteiger partial charge in [-0.1, -0.05) is 11.6 Å². The quantitative estimate of drug-likeness (QED) is 0.889. The molecule has 1 N–H and O–H groups in total. The van der Waals surface area contributed by atoms with E-state index in [0.717, 1.165) is 12.8 Å². The van der Waals surface area contributed by atoms with Crippen LogP contribution in [0.1, 0.15) is 17.3 Å². The standard InChI is InChI=1S/C13H17ClN2O3S/c1-9-8-16(6-5-15-9)13(17)11-7-10(20(2,18)19)3-4-12(11)14/h3-4,7,9,15H,5-6,8H2,1-2H3/t9-/m1/s1. The molecule has 1 saturated heterocycles. The van der Waals surface area contributed by atoms with Crippen LogP contribution < -0.4 is 5.32 Å². The Hall–Kier alpha value is -1.11. The van der Waals surface area contributed by atoms with Crippen LogP contribution in [0.2, 0.25) is 5.02 Å². The second-order valence-electron chi connectivity index (χ2n) is 5.02. The number of nitrogens with zero attached hydrogens (tertiary/aromatic N) is 1. The molecule has 1 heterocycles. The molecule has 5 nitrogen and oxygen atoms in total. The second kappa shape index (κ2) is 5.71. The van der Waals surface area contributed by atoms with E-state index in [1.54, 1.807) is 4.90 Å². The monoisotopic (exact) mass is 316 g/mol. The summed E-state index contributed by atoms with van der Waals surface area (Å²) in [4.78, 5) is 14.3. The van der Waals surface area contributed by atoms with Gasteiger partial charge in [0.15, 0.2) is 9.84 Å². The summed E-state index contributed by atoms with van der Waals surface area (Å²) in [5.41, 5.74) is 0.240. The lowest BCUT2D eigenvalue weighted by Gasteiger charge is -2.32. The minimum absolute atomic E-state index is 0.105. The smallest absolute Gasteiger partial charge is 0.255 e. The summed E-state index contributed by atoms with van der Waals surface area (Å²) < 4.78 is 23.1. The molecule has 1 aromatic carbocycles. The van der Waals surface area contributed by atoms with E-state index < -0.39 is 9.84 Å². The summed E-state index contributed by atoms with van der Waals surface area (Å²) in [6.45, 7) is 3.88. The van der Waals surface area contributed by atoms with Gasteiger partial charge in [0, 0.05) is 31.9 Å². The number of sulfone groups is 1. The maximum atomic E-state index is 12.5. The van der Waals surface area contributed by atoms with Gasteiger partial charge in [0.1, 0.15) is 0 Å². The molecular formula is C13H17ClN2O3S. The first-order valence-electron chi connectivity index (χ1n) is 6.31. The van der Waals surface area contributed by atoms with Gasteiger partial charge < -0.3 is 10.2 Å². The molecule has 1 aliphatic rings. The molecule has 0 aromatic heterocycles. The number of carbonyl (C=O) groups excluding carboxylic acids is 1. The van der Waals surface area contributed by atoms with Crippen molar-refractivity contribution in [2.45, 2.75) is 17.9 Å². The van der Waals surface area contributed by atoms with Gasteiger partial charge in [-0.25, -0.2) is 8.42 Å². The van der Waals surface area contributed by atoms with Crippen LogP contribution in [0.5, 0.6) is 0 Å². The Labute approximate surface area is 123 Å². The van der Waals surface area contributed by atoms with Gasteiger partial charge in [0.05, 0.1) is 15.5 Å². The average Bonchev–Trinajstić information content (AvgIpc) is 2.37. The molecule has 110 valence electrons. The van der Waals surface area contributed by atoms with Crippen molar-refractivity contribution in [2.75, 3.05) is 25.9 Å². The number of carbonyl (C=O) groups is 1. The number of benzene rings is 1. The Morgan fingerprint density at radius 1 is 1.45 bits per heavy atom. The number of hydrogen-bond acceptors (Lipinski definition) is 4. The van der Waals surface area contributed by atoms with E-state index in [4.69, 9.17) is 11.6 Å². The number of nitrogens with one attached hydrogen (secondary N) is 1. The van der Waals surface area contributed by atoms with E-state index in [1.165, 1.54) is 18.2 Å². The summed E-state index contributed by atoms with van der Waals surface area (Å²) in [7, 11) is -3.36. The fourth-order valence-corrected chi connectivity index (χ4v) is 3.03. The minimum Gasteiger partial charge on any atom is -0.336 e. The van der Waals surface area contributed by atoms with Crippen molar-refractivity contribution >= 4 is 27.3 Å². The predicted molar refractivity (Wildman–Crippen MR) is 77.9 cm³/mol. The van der Waals surface area contributed by atoms with E-state index in [-0.39, 0.29) is 27.4 Å². The van der Waals surface area contributed by atoms with Crippen molar-refractivity contribution in [1.29, 1.82) is 0 Å². The highest BCUT2D eigenvalue weighted by molar-refractivity contribution is 7.90. The van der Waals surface area contributed by atoms with Crippen LogP contribution in [-0.4, -0.2) is 51.2 Å². The van der Waals surface area contributed by atoms with E-state index >= 15 is 0 Å². The summed E-state index contributed by atoms with van der Waals surface area (Å²) in [6, 6.07) is 4.43. The topological polar surface area (TPSA) is 66.5 Å². The van der Waals surface area contributed by atoms with Gasteiger partial charge in [-0.3, -0.25) is 4.79 Å². The van der Waals surface area contributed by atoms with Gasteiger partial charge in [0.25, 0.3) is 5.91 Å². The Balaban J connectivity index is 2.34. The van der Waals surface area contributed by atoms with Crippen LogP contribution in [0.3, 0.4) is 0 Å². The van der Waals surface area contributed by atoms with Crippen molar-refractivity contribution in [3.05, 3.63) is 28.8 Å². The molecule has 1 amide bonds. The first-order valence-corrected chi connectivity index (χ1v) is 8.58. The highest BCUT2D eigenvalue weighted by Gasteiger charge is 2.24. The molecule has 0 saturated carbocycles.